The van der Waals surface area contributed by atoms with Gasteiger partial charge >= 0.3 is 5.97 Å². The Morgan fingerprint density at radius 1 is 1.08 bits per heavy atom. The quantitative estimate of drug-likeness (QED) is 0.626. The largest absolute Gasteiger partial charge is 0.481 e. The van der Waals surface area contributed by atoms with Crippen molar-refractivity contribution in [2.45, 2.75) is 32.6 Å². The Balaban J connectivity index is 1.79. The normalized spacial score (nSPS) is 22.7. The molecule has 3 rings (SSSR count). The van der Waals surface area contributed by atoms with Gasteiger partial charge in [0.2, 0.25) is 0 Å². The van der Waals surface area contributed by atoms with E-state index in [2.05, 4.69) is 0 Å². The summed E-state index contributed by atoms with van der Waals surface area (Å²) in [7, 11) is 0. The zero-order valence-electron chi connectivity index (χ0n) is 14.4. The van der Waals surface area contributed by atoms with E-state index in [1.807, 2.05) is 43.3 Å². The number of carbonyl (C=O) groups excluding carboxylic acids is 1. The van der Waals surface area contributed by atoms with E-state index in [1.165, 1.54) is 0 Å². The van der Waals surface area contributed by atoms with Gasteiger partial charge in [-0.25, -0.2) is 0 Å². The number of carbonyl (C=O) groups is 2. The summed E-state index contributed by atoms with van der Waals surface area (Å²) in [5.41, 5.74) is 8.09. The van der Waals surface area contributed by atoms with Crippen molar-refractivity contribution >= 4 is 17.4 Å². The van der Waals surface area contributed by atoms with Crippen molar-refractivity contribution in [1.82, 2.24) is 0 Å². The molecule has 1 aliphatic rings. The number of hydrogen-bond donors (Lipinski definition) is 2. The molecule has 2 unspecified atom stereocenters. The zero-order chi connectivity index (χ0) is 18.0. The molecule has 1 saturated carbocycles. The second-order valence-electron chi connectivity index (χ2n) is 7.05. The van der Waals surface area contributed by atoms with Gasteiger partial charge in [0.25, 0.3) is 0 Å². The predicted octanol–water partition coefficient (Wildman–Crippen LogP) is 4.40. The van der Waals surface area contributed by atoms with Crippen LogP contribution in [-0.2, 0) is 4.79 Å². The molecule has 130 valence electrons. The van der Waals surface area contributed by atoms with E-state index in [0.717, 1.165) is 24.0 Å². The molecule has 0 heterocycles. The molecule has 4 heteroatoms. The van der Waals surface area contributed by atoms with E-state index in [9.17, 15) is 14.7 Å². The van der Waals surface area contributed by atoms with E-state index < -0.39 is 11.4 Å². The van der Waals surface area contributed by atoms with Crippen LogP contribution in [0.2, 0.25) is 0 Å². The van der Waals surface area contributed by atoms with Gasteiger partial charge in [-0.3, -0.25) is 9.59 Å². The summed E-state index contributed by atoms with van der Waals surface area (Å²) in [6.07, 6.45) is 2.40. The molecule has 0 amide bonds. The highest BCUT2D eigenvalue weighted by atomic mass is 16.4. The number of carboxylic acids is 1. The average molecular weight is 337 g/mol. The Kier molecular flexibility index (Phi) is 4.62. The number of rotatable bonds is 5. The second kappa shape index (κ2) is 6.71. The van der Waals surface area contributed by atoms with Crippen molar-refractivity contribution < 1.29 is 14.7 Å². The van der Waals surface area contributed by atoms with Crippen molar-refractivity contribution in [2.75, 3.05) is 5.73 Å². The van der Waals surface area contributed by atoms with E-state index >= 15 is 0 Å². The van der Waals surface area contributed by atoms with Crippen molar-refractivity contribution in [3.05, 3.63) is 54.1 Å². The minimum absolute atomic E-state index is 0.0306. The first-order chi connectivity index (χ1) is 11.9. The van der Waals surface area contributed by atoms with Crippen LogP contribution in [0.4, 0.5) is 5.69 Å². The minimum atomic E-state index is -0.910. The van der Waals surface area contributed by atoms with Gasteiger partial charge in [-0.1, -0.05) is 49.7 Å². The number of ketones is 1. The van der Waals surface area contributed by atoms with Crippen LogP contribution >= 0.6 is 0 Å². The van der Waals surface area contributed by atoms with Gasteiger partial charge in [0.05, 0.1) is 5.41 Å². The Bertz CT molecular complexity index is 780. The zero-order valence-corrected chi connectivity index (χ0v) is 14.4. The lowest BCUT2D eigenvalue weighted by Crippen LogP contribution is -2.35. The number of aliphatic carboxylic acids is 1. The first-order valence-electron chi connectivity index (χ1n) is 8.65. The lowest BCUT2D eigenvalue weighted by molar-refractivity contribution is -0.150. The van der Waals surface area contributed by atoms with Gasteiger partial charge in [-0.05, 0) is 42.0 Å². The van der Waals surface area contributed by atoms with Crippen LogP contribution in [0.25, 0.3) is 11.1 Å². The van der Waals surface area contributed by atoms with Crippen LogP contribution in [0, 0.1) is 11.3 Å². The third-order valence-corrected chi connectivity index (χ3v) is 5.56. The summed E-state index contributed by atoms with van der Waals surface area (Å²) in [6.45, 7) is 1.94. The maximum absolute atomic E-state index is 12.7. The van der Waals surface area contributed by atoms with Crippen molar-refractivity contribution in [3.8, 4) is 11.1 Å². The molecule has 0 radical (unpaired) electrons. The molecule has 4 nitrogen and oxygen atoms in total. The number of Topliss-reactive ketones (excluding diaryl/α,β-unsaturated/α-hetero) is 1. The lowest BCUT2D eigenvalue weighted by Gasteiger charge is -2.28. The fourth-order valence-corrected chi connectivity index (χ4v) is 3.82. The molecule has 0 aromatic heterocycles. The van der Waals surface area contributed by atoms with Crippen LogP contribution < -0.4 is 5.73 Å². The summed E-state index contributed by atoms with van der Waals surface area (Å²) >= 11 is 0. The fraction of sp³-hybridized carbons (Fsp3) is 0.333. The van der Waals surface area contributed by atoms with Crippen molar-refractivity contribution in [1.29, 1.82) is 0 Å². The molecule has 1 fully saturated rings. The third kappa shape index (κ3) is 3.29. The number of benzene rings is 2. The van der Waals surface area contributed by atoms with E-state index in [1.54, 1.807) is 12.1 Å². The van der Waals surface area contributed by atoms with Crippen LogP contribution in [0.5, 0.6) is 0 Å². The van der Waals surface area contributed by atoms with Gasteiger partial charge in [0.15, 0.2) is 5.78 Å². The molecular weight excluding hydrogens is 314 g/mol. The van der Waals surface area contributed by atoms with Crippen LogP contribution in [0.15, 0.2) is 48.5 Å². The highest BCUT2D eigenvalue weighted by Crippen LogP contribution is 2.46. The molecule has 0 saturated heterocycles. The fourth-order valence-electron chi connectivity index (χ4n) is 3.82. The van der Waals surface area contributed by atoms with Crippen LogP contribution in [-0.4, -0.2) is 16.9 Å². The van der Waals surface area contributed by atoms with Crippen molar-refractivity contribution in [3.63, 3.8) is 0 Å². The summed E-state index contributed by atoms with van der Waals surface area (Å²) < 4.78 is 0. The molecule has 2 aromatic carbocycles. The monoisotopic (exact) mass is 337 g/mol. The molecule has 25 heavy (non-hydrogen) atoms. The Hall–Kier alpha value is -2.62. The highest BCUT2D eigenvalue weighted by Gasteiger charge is 2.48. The summed E-state index contributed by atoms with van der Waals surface area (Å²) in [5.74, 6) is -0.910. The first-order valence-corrected chi connectivity index (χ1v) is 8.65. The number of nitrogens with two attached hydrogens (primary N) is 1. The van der Waals surface area contributed by atoms with E-state index in [-0.39, 0.29) is 18.1 Å². The van der Waals surface area contributed by atoms with Gasteiger partial charge in [0, 0.05) is 17.7 Å². The number of hydrogen-bond acceptors (Lipinski definition) is 3. The topological polar surface area (TPSA) is 80.4 Å². The van der Waals surface area contributed by atoms with E-state index in [0.29, 0.717) is 17.7 Å². The molecule has 0 spiro atoms. The van der Waals surface area contributed by atoms with E-state index in [4.69, 9.17) is 5.73 Å². The lowest BCUT2D eigenvalue weighted by atomic mass is 9.74. The summed E-state index contributed by atoms with van der Waals surface area (Å²) in [5, 5.41) is 9.68. The predicted molar refractivity (Wildman–Crippen MR) is 98.3 cm³/mol. The minimum Gasteiger partial charge on any atom is -0.481 e. The number of anilines is 1. The molecule has 1 aliphatic carbocycles. The van der Waals surface area contributed by atoms with Gasteiger partial charge in [0.1, 0.15) is 0 Å². The second-order valence-corrected chi connectivity index (χ2v) is 7.05. The standard InChI is InChI=1S/C21H23NO3/c1-14-3-2-12-21(14,20(24)25)13-19(23)17-6-4-15(5-7-17)16-8-10-18(22)11-9-16/h4-11,14H,2-3,12-13,22H2,1H3,(H,24,25). The third-order valence-electron chi connectivity index (χ3n) is 5.56. The SMILES string of the molecule is CC1CCCC1(CC(=O)c1ccc(-c2ccc(N)cc2)cc1)C(=O)O. The van der Waals surface area contributed by atoms with Gasteiger partial charge in [-0.15, -0.1) is 0 Å². The Morgan fingerprint density at radius 2 is 1.64 bits per heavy atom. The molecule has 0 bridgehead atoms. The smallest absolute Gasteiger partial charge is 0.310 e. The maximum atomic E-state index is 12.7. The maximum Gasteiger partial charge on any atom is 0.310 e. The molecule has 3 N–H and O–H groups in total. The molecule has 2 atom stereocenters. The summed E-state index contributed by atoms with van der Waals surface area (Å²) in [6, 6.07) is 14.9. The summed E-state index contributed by atoms with van der Waals surface area (Å²) in [4.78, 5) is 24.5. The molecule has 0 aliphatic heterocycles. The molecule has 2 aromatic rings. The van der Waals surface area contributed by atoms with Crippen LogP contribution in [0.3, 0.4) is 0 Å². The van der Waals surface area contributed by atoms with Crippen LogP contribution in [0.1, 0.15) is 43.0 Å². The molecular formula is C21H23NO3. The first kappa shape index (κ1) is 17.2. The number of nitrogen functional groups attached to an aromatic ring is 1. The highest BCUT2D eigenvalue weighted by molar-refractivity contribution is 5.99. The van der Waals surface area contributed by atoms with Crippen molar-refractivity contribution in [2.24, 2.45) is 11.3 Å². The van der Waals surface area contributed by atoms with Gasteiger partial charge in [-0.2, -0.15) is 0 Å². The van der Waals surface area contributed by atoms with Gasteiger partial charge < -0.3 is 10.8 Å². The number of carboxylic acid groups (broad SMARTS) is 1. The Morgan fingerprint density at radius 3 is 2.12 bits per heavy atom. The average Bonchev–Trinajstić information content (AvgIpc) is 2.97. The Labute approximate surface area is 147 Å².